The van der Waals surface area contributed by atoms with Crippen LogP contribution in [0.1, 0.15) is 47.2 Å². The standard InChI is InChI=1S/C13H14O/c1-8-6-11-5-4-10(9-2-3-9)7-12(11)13(8)14/h4-5,7-9H,2-3,6H2,1H3. The number of hydrogen-bond donors (Lipinski definition) is 0. The lowest BCUT2D eigenvalue weighted by Crippen LogP contribution is -2.03. The van der Waals surface area contributed by atoms with Crippen LogP contribution in [0.15, 0.2) is 18.2 Å². The lowest BCUT2D eigenvalue weighted by molar-refractivity contribution is 0.0946. The number of benzene rings is 1. The van der Waals surface area contributed by atoms with Crippen LogP contribution in [0.4, 0.5) is 0 Å². The van der Waals surface area contributed by atoms with Crippen LogP contribution in [-0.4, -0.2) is 5.78 Å². The van der Waals surface area contributed by atoms with Gasteiger partial charge in [-0.3, -0.25) is 4.79 Å². The van der Waals surface area contributed by atoms with E-state index in [-0.39, 0.29) is 5.92 Å². The first-order valence-electron chi connectivity index (χ1n) is 5.43. The second-order valence-electron chi connectivity index (χ2n) is 4.66. The van der Waals surface area contributed by atoms with Gasteiger partial charge in [-0.2, -0.15) is 0 Å². The van der Waals surface area contributed by atoms with Gasteiger partial charge in [-0.25, -0.2) is 0 Å². The smallest absolute Gasteiger partial charge is 0.166 e. The Kier molecular flexibility index (Phi) is 1.58. The Morgan fingerprint density at radius 1 is 1.29 bits per heavy atom. The maximum absolute atomic E-state index is 11.8. The minimum absolute atomic E-state index is 0.208. The van der Waals surface area contributed by atoms with Crippen molar-refractivity contribution in [3.8, 4) is 0 Å². The summed E-state index contributed by atoms with van der Waals surface area (Å²) in [6, 6.07) is 6.50. The summed E-state index contributed by atoms with van der Waals surface area (Å²) in [6.45, 7) is 2.03. The molecule has 0 N–H and O–H groups in total. The Balaban J connectivity index is 2.06. The first kappa shape index (κ1) is 8.22. The topological polar surface area (TPSA) is 17.1 Å². The van der Waals surface area contributed by atoms with Crippen molar-refractivity contribution in [2.24, 2.45) is 5.92 Å². The molecule has 2 aliphatic rings. The molecular weight excluding hydrogens is 172 g/mol. The maximum Gasteiger partial charge on any atom is 0.166 e. The van der Waals surface area contributed by atoms with E-state index in [9.17, 15) is 4.79 Å². The highest BCUT2D eigenvalue weighted by Gasteiger charge is 2.30. The molecule has 0 spiro atoms. The molecule has 3 rings (SSSR count). The van der Waals surface area contributed by atoms with Gasteiger partial charge in [0.05, 0.1) is 0 Å². The third-order valence-electron chi connectivity index (χ3n) is 3.42. The third kappa shape index (κ3) is 1.12. The van der Waals surface area contributed by atoms with Crippen LogP contribution in [0.5, 0.6) is 0 Å². The van der Waals surface area contributed by atoms with Gasteiger partial charge in [-0.15, -0.1) is 0 Å². The Hall–Kier alpha value is -1.11. The summed E-state index contributed by atoms with van der Waals surface area (Å²) in [5.41, 5.74) is 3.64. The van der Waals surface area contributed by atoms with Gasteiger partial charge in [0.2, 0.25) is 0 Å². The lowest BCUT2D eigenvalue weighted by Gasteiger charge is -2.01. The molecule has 1 fully saturated rings. The van der Waals surface area contributed by atoms with Crippen molar-refractivity contribution in [2.45, 2.75) is 32.1 Å². The molecule has 1 atom stereocenters. The number of ketones is 1. The van der Waals surface area contributed by atoms with E-state index in [2.05, 4.69) is 18.2 Å². The first-order valence-corrected chi connectivity index (χ1v) is 5.43. The molecule has 1 nitrogen and oxygen atoms in total. The van der Waals surface area contributed by atoms with Crippen LogP contribution in [0.25, 0.3) is 0 Å². The van der Waals surface area contributed by atoms with E-state index in [4.69, 9.17) is 0 Å². The molecule has 2 aliphatic carbocycles. The normalized spacial score (nSPS) is 25.2. The fourth-order valence-electron chi connectivity index (χ4n) is 2.36. The Bertz CT molecular complexity index is 402. The fraction of sp³-hybridized carbons (Fsp3) is 0.462. The maximum atomic E-state index is 11.8. The number of Topliss-reactive ketones (excluding diaryl/α,β-unsaturated/α-hetero) is 1. The molecule has 0 saturated heterocycles. The number of fused-ring (bicyclic) bond motifs is 1. The van der Waals surface area contributed by atoms with Crippen LogP contribution >= 0.6 is 0 Å². The number of hydrogen-bond acceptors (Lipinski definition) is 1. The summed E-state index contributed by atoms with van der Waals surface area (Å²) in [5, 5.41) is 0. The zero-order chi connectivity index (χ0) is 9.71. The van der Waals surface area contributed by atoms with Crippen molar-refractivity contribution < 1.29 is 4.79 Å². The second kappa shape index (κ2) is 2.69. The number of carbonyl (C=O) groups is 1. The predicted molar refractivity (Wildman–Crippen MR) is 55.6 cm³/mol. The lowest BCUT2D eigenvalue weighted by atomic mass is 10.0. The van der Waals surface area contributed by atoms with Crippen molar-refractivity contribution in [1.82, 2.24) is 0 Å². The molecule has 1 unspecified atom stereocenters. The molecule has 1 heteroatoms. The van der Waals surface area contributed by atoms with E-state index in [0.717, 1.165) is 17.9 Å². The van der Waals surface area contributed by atoms with Crippen LogP contribution in [0.3, 0.4) is 0 Å². The third-order valence-corrected chi connectivity index (χ3v) is 3.42. The molecule has 0 aliphatic heterocycles. The SMILES string of the molecule is CC1Cc2ccc(C3CC3)cc2C1=O. The van der Waals surface area contributed by atoms with E-state index in [0.29, 0.717) is 5.78 Å². The Labute approximate surface area is 84.1 Å². The second-order valence-corrected chi connectivity index (χ2v) is 4.66. The molecule has 0 radical (unpaired) electrons. The fourth-order valence-corrected chi connectivity index (χ4v) is 2.36. The quantitative estimate of drug-likeness (QED) is 0.659. The summed E-state index contributed by atoms with van der Waals surface area (Å²) in [5.74, 6) is 1.31. The van der Waals surface area contributed by atoms with E-state index >= 15 is 0 Å². The van der Waals surface area contributed by atoms with Crippen molar-refractivity contribution >= 4 is 5.78 Å². The minimum Gasteiger partial charge on any atom is -0.294 e. The summed E-state index contributed by atoms with van der Waals surface area (Å²) < 4.78 is 0. The van der Waals surface area contributed by atoms with Crippen molar-refractivity contribution in [2.75, 3.05) is 0 Å². The number of rotatable bonds is 1. The summed E-state index contributed by atoms with van der Waals surface area (Å²) in [6.07, 6.45) is 3.56. The molecule has 1 saturated carbocycles. The van der Waals surface area contributed by atoms with E-state index in [1.807, 2.05) is 6.92 Å². The highest BCUT2D eigenvalue weighted by atomic mass is 16.1. The van der Waals surface area contributed by atoms with Crippen LogP contribution in [0, 0.1) is 5.92 Å². The molecular formula is C13H14O. The van der Waals surface area contributed by atoms with Crippen molar-refractivity contribution in [3.63, 3.8) is 0 Å². The number of carbonyl (C=O) groups excluding carboxylic acids is 1. The monoisotopic (exact) mass is 186 g/mol. The van der Waals surface area contributed by atoms with Crippen LogP contribution < -0.4 is 0 Å². The molecule has 1 aromatic rings. The Morgan fingerprint density at radius 3 is 2.79 bits per heavy atom. The largest absolute Gasteiger partial charge is 0.294 e. The zero-order valence-corrected chi connectivity index (χ0v) is 8.42. The Morgan fingerprint density at radius 2 is 2.07 bits per heavy atom. The van der Waals surface area contributed by atoms with E-state index in [1.54, 1.807) is 0 Å². The van der Waals surface area contributed by atoms with Crippen molar-refractivity contribution in [3.05, 3.63) is 34.9 Å². The molecule has 0 aromatic heterocycles. The van der Waals surface area contributed by atoms with Gasteiger partial charge >= 0.3 is 0 Å². The highest BCUT2D eigenvalue weighted by Crippen LogP contribution is 2.41. The summed E-state index contributed by atoms with van der Waals surface area (Å²) in [4.78, 5) is 11.8. The zero-order valence-electron chi connectivity index (χ0n) is 8.42. The minimum atomic E-state index is 0.208. The summed E-state index contributed by atoms with van der Waals surface area (Å²) >= 11 is 0. The van der Waals surface area contributed by atoms with Gasteiger partial charge in [0, 0.05) is 11.5 Å². The van der Waals surface area contributed by atoms with Gasteiger partial charge in [0.25, 0.3) is 0 Å². The first-order chi connectivity index (χ1) is 6.75. The molecule has 1 aromatic carbocycles. The average Bonchev–Trinajstić information content (AvgIpc) is 2.97. The predicted octanol–water partition coefficient (Wildman–Crippen LogP) is 2.94. The van der Waals surface area contributed by atoms with Gasteiger partial charge in [0.1, 0.15) is 0 Å². The summed E-state index contributed by atoms with van der Waals surface area (Å²) in [7, 11) is 0. The molecule has 0 bridgehead atoms. The van der Waals surface area contributed by atoms with E-state index < -0.39 is 0 Å². The molecule has 72 valence electrons. The van der Waals surface area contributed by atoms with Crippen LogP contribution in [-0.2, 0) is 6.42 Å². The molecule has 14 heavy (non-hydrogen) atoms. The van der Waals surface area contributed by atoms with Gasteiger partial charge in [-0.05, 0) is 42.4 Å². The van der Waals surface area contributed by atoms with Crippen molar-refractivity contribution in [1.29, 1.82) is 0 Å². The van der Waals surface area contributed by atoms with Gasteiger partial charge < -0.3 is 0 Å². The van der Waals surface area contributed by atoms with E-state index in [1.165, 1.54) is 24.0 Å². The molecule has 0 heterocycles. The van der Waals surface area contributed by atoms with Gasteiger partial charge in [-0.1, -0.05) is 19.1 Å². The van der Waals surface area contributed by atoms with Crippen LogP contribution in [0.2, 0.25) is 0 Å². The average molecular weight is 186 g/mol. The molecule has 0 amide bonds. The highest BCUT2D eigenvalue weighted by molar-refractivity contribution is 6.02. The van der Waals surface area contributed by atoms with Gasteiger partial charge in [0.15, 0.2) is 5.78 Å².